The number of fused-ring (bicyclic) bond motifs is 1. The number of nitrogens with one attached hydrogen (secondary N) is 1. The summed E-state index contributed by atoms with van der Waals surface area (Å²) in [6.07, 6.45) is 2.62. The molecule has 0 spiro atoms. The van der Waals surface area contributed by atoms with Crippen LogP contribution in [0.2, 0.25) is 0 Å². The molecule has 19 heavy (non-hydrogen) atoms. The Balaban J connectivity index is 1.70. The number of rotatable bonds is 5. The summed E-state index contributed by atoms with van der Waals surface area (Å²) < 4.78 is 5.86. The number of hydrogen-bond donors (Lipinski definition) is 1. The van der Waals surface area contributed by atoms with Gasteiger partial charge in [-0.15, -0.1) is 11.3 Å². The summed E-state index contributed by atoms with van der Waals surface area (Å²) in [4.78, 5) is 12.2. The first-order valence-electron chi connectivity index (χ1n) is 6.65. The maximum Gasteiger partial charge on any atom is 0.227 e. The van der Waals surface area contributed by atoms with E-state index in [0.29, 0.717) is 18.4 Å². The van der Waals surface area contributed by atoms with Gasteiger partial charge in [0.15, 0.2) is 0 Å². The Morgan fingerprint density at radius 2 is 2.21 bits per heavy atom. The molecule has 1 saturated heterocycles. The fourth-order valence-electron chi connectivity index (χ4n) is 2.33. The number of ether oxygens (including phenoxy) is 1. The van der Waals surface area contributed by atoms with E-state index in [0.717, 1.165) is 16.8 Å². The molecule has 0 unspecified atom stereocenters. The average molecular weight is 278 g/mol. The molecule has 6 heteroatoms. The third kappa shape index (κ3) is 2.79. The van der Waals surface area contributed by atoms with Crippen molar-refractivity contribution >= 4 is 27.5 Å². The van der Waals surface area contributed by atoms with Crippen LogP contribution in [0, 0.1) is 0 Å². The largest absolute Gasteiger partial charge is 0.476 e. The molecular formula is C13H18N4OS. The minimum absolute atomic E-state index is 0.617. The van der Waals surface area contributed by atoms with Gasteiger partial charge in [-0.25, -0.2) is 4.98 Å². The summed E-state index contributed by atoms with van der Waals surface area (Å²) >= 11 is 1.61. The van der Waals surface area contributed by atoms with Crippen LogP contribution in [0.4, 0.5) is 5.95 Å². The Bertz CT molecular complexity index is 551. The Morgan fingerprint density at radius 3 is 3.00 bits per heavy atom. The third-order valence-corrected chi connectivity index (χ3v) is 4.17. The first-order chi connectivity index (χ1) is 9.36. The normalized spacial score (nSPS) is 16.1. The minimum atomic E-state index is 0.617. The van der Waals surface area contributed by atoms with Crippen molar-refractivity contribution in [1.82, 2.24) is 14.9 Å². The van der Waals surface area contributed by atoms with Gasteiger partial charge in [0.25, 0.3) is 0 Å². The lowest BCUT2D eigenvalue weighted by Gasteiger charge is -2.15. The first kappa shape index (κ1) is 12.6. The molecule has 1 N–H and O–H groups in total. The highest BCUT2D eigenvalue weighted by Gasteiger charge is 2.13. The zero-order chi connectivity index (χ0) is 13.1. The van der Waals surface area contributed by atoms with E-state index in [4.69, 9.17) is 4.74 Å². The second-order valence-corrected chi connectivity index (χ2v) is 5.53. The summed E-state index contributed by atoms with van der Waals surface area (Å²) in [7, 11) is 1.82. The molecule has 0 saturated carbocycles. The lowest BCUT2D eigenvalue weighted by Crippen LogP contribution is -2.25. The van der Waals surface area contributed by atoms with Crippen molar-refractivity contribution in [2.45, 2.75) is 12.8 Å². The van der Waals surface area contributed by atoms with E-state index in [2.05, 4.69) is 20.2 Å². The zero-order valence-electron chi connectivity index (χ0n) is 11.1. The maximum atomic E-state index is 5.86. The molecule has 102 valence electrons. The van der Waals surface area contributed by atoms with Crippen LogP contribution >= 0.6 is 11.3 Å². The van der Waals surface area contributed by atoms with E-state index in [1.165, 1.54) is 25.9 Å². The number of thiophene rings is 1. The van der Waals surface area contributed by atoms with Crippen LogP contribution in [0.1, 0.15) is 12.8 Å². The molecular weight excluding hydrogens is 260 g/mol. The molecule has 0 aromatic carbocycles. The van der Waals surface area contributed by atoms with Crippen molar-refractivity contribution in [3.05, 3.63) is 11.4 Å². The molecule has 3 rings (SSSR count). The van der Waals surface area contributed by atoms with E-state index in [1.807, 2.05) is 18.5 Å². The quantitative estimate of drug-likeness (QED) is 0.908. The fourth-order valence-corrected chi connectivity index (χ4v) is 3.08. The maximum absolute atomic E-state index is 5.86. The fraction of sp³-hybridized carbons (Fsp3) is 0.538. The van der Waals surface area contributed by atoms with Gasteiger partial charge in [-0.05, 0) is 37.4 Å². The van der Waals surface area contributed by atoms with Crippen LogP contribution < -0.4 is 10.1 Å². The molecule has 2 aromatic heterocycles. The predicted molar refractivity (Wildman–Crippen MR) is 78.1 cm³/mol. The van der Waals surface area contributed by atoms with Gasteiger partial charge in [0.2, 0.25) is 11.8 Å². The van der Waals surface area contributed by atoms with Gasteiger partial charge in [-0.3, -0.25) is 4.90 Å². The van der Waals surface area contributed by atoms with Crippen molar-refractivity contribution in [3.63, 3.8) is 0 Å². The van der Waals surface area contributed by atoms with Crippen molar-refractivity contribution in [1.29, 1.82) is 0 Å². The third-order valence-electron chi connectivity index (χ3n) is 3.36. The van der Waals surface area contributed by atoms with E-state index < -0.39 is 0 Å². The molecule has 0 bridgehead atoms. The topological polar surface area (TPSA) is 50.3 Å². The van der Waals surface area contributed by atoms with Crippen molar-refractivity contribution < 1.29 is 4.74 Å². The van der Waals surface area contributed by atoms with Crippen LogP contribution in [0.15, 0.2) is 11.4 Å². The van der Waals surface area contributed by atoms with Gasteiger partial charge in [-0.1, -0.05) is 0 Å². The van der Waals surface area contributed by atoms with Crippen LogP contribution in [0.5, 0.6) is 5.88 Å². The number of nitrogens with zero attached hydrogens (tertiary/aromatic N) is 3. The molecule has 1 aliphatic rings. The monoisotopic (exact) mass is 278 g/mol. The lowest BCUT2D eigenvalue weighted by atomic mass is 10.4. The average Bonchev–Trinajstić information content (AvgIpc) is 3.08. The van der Waals surface area contributed by atoms with Gasteiger partial charge in [0.1, 0.15) is 11.4 Å². The zero-order valence-corrected chi connectivity index (χ0v) is 11.9. The molecule has 3 heterocycles. The van der Waals surface area contributed by atoms with E-state index in [9.17, 15) is 0 Å². The molecule has 0 aliphatic carbocycles. The van der Waals surface area contributed by atoms with E-state index >= 15 is 0 Å². The second-order valence-electron chi connectivity index (χ2n) is 4.64. The molecule has 1 fully saturated rings. The highest BCUT2D eigenvalue weighted by molar-refractivity contribution is 7.16. The summed E-state index contributed by atoms with van der Waals surface area (Å²) in [6.45, 7) is 4.06. The molecule has 0 atom stereocenters. The number of anilines is 1. The summed E-state index contributed by atoms with van der Waals surface area (Å²) in [5.74, 6) is 1.31. The van der Waals surface area contributed by atoms with E-state index in [-0.39, 0.29) is 0 Å². The van der Waals surface area contributed by atoms with Crippen molar-refractivity contribution in [2.24, 2.45) is 0 Å². The number of hydrogen-bond acceptors (Lipinski definition) is 6. The predicted octanol–water partition coefficient (Wildman–Crippen LogP) is 2.21. The lowest BCUT2D eigenvalue weighted by molar-refractivity contribution is 0.234. The summed E-state index contributed by atoms with van der Waals surface area (Å²) in [5.41, 5.74) is 0. The highest BCUT2D eigenvalue weighted by Crippen LogP contribution is 2.27. The highest BCUT2D eigenvalue weighted by atomic mass is 32.1. The minimum Gasteiger partial charge on any atom is -0.476 e. The Labute approximate surface area is 116 Å². The standard InChI is InChI=1S/C13H18N4OS/c1-14-13-15-11(10-4-9-19-12(10)16-13)18-8-7-17-5-2-3-6-17/h4,9H,2-3,5-8H2,1H3,(H,14,15,16). The SMILES string of the molecule is CNc1nc(OCCN2CCCC2)c2ccsc2n1. The van der Waals surface area contributed by atoms with Crippen LogP contribution in [0.25, 0.3) is 10.2 Å². The van der Waals surface area contributed by atoms with Gasteiger partial charge in [0.05, 0.1) is 5.39 Å². The Hall–Kier alpha value is -1.40. The number of aromatic nitrogens is 2. The van der Waals surface area contributed by atoms with Gasteiger partial charge < -0.3 is 10.1 Å². The van der Waals surface area contributed by atoms with Gasteiger partial charge in [0, 0.05) is 13.6 Å². The number of likely N-dealkylation sites (tertiary alicyclic amines) is 1. The Kier molecular flexibility index (Phi) is 3.79. The van der Waals surface area contributed by atoms with Crippen LogP contribution in [0.3, 0.4) is 0 Å². The van der Waals surface area contributed by atoms with Gasteiger partial charge >= 0.3 is 0 Å². The summed E-state index contributed by atoms with van der Waals surface area (Å²) in [6, 6.07) is 2.02. The summed E-state index contributed by atoms with van der Waals surface area (Å²) in [5, 5.41) is 6.00. The molecule has 1 aliphatic heterocycles. The smallest absolute Gasteiger partial charge is 0.227 e. The van der Waals surface area contributed by atoms with E-state index in [1.54, 1.807) is 11.3 Å². The van der Waals surface area contributed by atoms with Crippen LogP contribution in [-0.2, 0) is 0 Å². The molecule has 5 nitrogen and oxygen atoms in total. The molecule has 0 radical (unpaired) electrons. The van der Waals surface area contributed by atoms with Crippen LogP contribution in [-0.4, -0.2) is 48.2 Å². The van der Waals surface area contributed by atoms with Gasteiger partial charge in [-0.2, -0.15) is 4.98 Å². The molecule has 0 amide bonds. The van der Waals surface area contributed by atoms with Crippen molar-refractivity contribution in [2.75, 3.05) is 38.6 Å². The first-order valence-corrected chi connectivity index (χ1v) is 7.53. The Morgan fingerprint density at radius 1 is 1.37 bits per heavy atom. The molecule has 2 aromatic rings. The second kappa shape index (κ2) is 5.71. The van der Waals surface area contributed by atoms with Crippen molar-refractivity contribution in [3.8, 4) is 5.88 Å².